The van der Waals surface area contributed by atoms with Gasteiger partial charge in [0.1, 0.15) is 6.04 Å². The molecule has 1 aliphatic heterocycles. The maximum absolute atomic E-state index is 13.0. The number of nitrogens with zero attached hydrogens (tertiary/aromatic N) is 1. The van der Waals surface area contributed by atoms with Crippen LogP contribution in [0.3, 0.4) is 0 Å². The lowest BCUT2D eigenvalue weighted by Crippen LogP contribution is -2.49. The number of aromatic amines is 1. The molecule has 0 amide bonds. The second kappa shape index (κ2) is 7.23. The molecule has 0 saturated carbocycles. The van der Waals surface area contributed by atoms with Crippen LogP contribution in [0.25, 0.3) is 0 Å². The van der Waals surface area contributed by atoms with Gasteiger partial charge >= 0.3 is 6.18 Å². The fourth-order valence-corrected chi connectivity index (χ4v) is 2.03. The highest BCUT2D eigenvalue weighted by Crippen LogP contribution is 2.36. The van der Waals surface area contributed by atoms with Crippen molar-refractivity contribution >= 4 is 24.8 Å². The normalized spacial score (nSPS) is 18.6. The van der Waals surface area contributed by atoms with Crippen molar-refractivity contribution in [1.29, 1.82) is 0 Å². The minimum Gasteiger partial charge on any atom is -0.363 e. The molecule has 2 rings (SSSR count). The average Bonchev–Trinajstić information content (AvgIpc) is 2.71. The summed E-state index contributed by atoms with van der Waals surface area (Å²) in [7, 11) is 0. The summed E-state index contributed by atoms with van der Waals surface area (Å²) in [6, 6.07) is 1.57. The van der Waals surface area contributed by atoms with Gasteiger partial charge in [0, 0.05) is 38.1 Å². The molecule has 8 heteroatoms. The first-order chi connectivity index (χ1) is 7.59. The number of nitrogens with one attached hydrogen (secondary N) is 2. The van der Waals surface area contributed by atoms with Gasteiger partial charge in [-0.05, 0) is 12.1 Å². The molecule has 1 aliphatic rings. The Kier molecular flexibility index (Phi) is 7.06. The number of piperazine rings is 1. The third kappa shape index (κ3) is 4.05. The fraction of sp³-hybridized carbons (Fsp3) is 0.600. The fourth-order valence-electron chi connectivity index (χ4n) is 2.03. The second-order valence-electron chi connectivity index (χ2n) is 3.86. The smallest absolute Gasteiger partial charge is 0.363 e. The van der Waals surface area contributed by atoms with Gasteiger partial charge in [0.15, 0.2) is 0 Å². The van der Waals surface area contributed by atoms with Crippen molar-refractivity contribution in [2.45, 2.75) is 12.2 Å². The van der Waals surface area contributed by atoms with Gasteiger partial charge in [0.2, 0.25) is 0 Å². The van der Waals surface area contributed by atoms with Gasteiger partial charge in [0.05, 0.1) is 0 Å². The van der Waals surface area contributed by atoms with Crippen LogP contribution in [0.5, 0.6) is 0 Å². The molecule has 106 valence electrons. The van der Waals surface area contributed by atoms with Gasteiger partial charge in [-0.1, -0.05) is 0 Å². The lowest BCUT2D eigenvalue weighted by Gasteiger charge is -2.35. The molecule has 1 aromatic heterocycles. The summed E-state index contributed by atoms with van der Waals surface area (Å²) in [6.45, 7) is 2.05. The highest BCUT2D eigenvalue weighted by atomic mass is 35.5. The molecule has 2 heterocycles. The quantitative estimate of drug-likeness (QED) is 0.879. The maximum Gasteiger partial charge on any atom is 0.409 e. The number of aromatic nitrogens is 1. The molecule has 0 unspecified atom stereocenters. The lowest BCUT2D eigenvalue weighted by atomic mass is 10.1. The first-order valence-corrected chi connectivity index (χ1v) is 5.24. The standard InChI is InChI=1S/C10H14F3N3.2ClH/c11-10(12,13)9(8-2-1-3-15-8)16-6-4-14-5-7-16;;/h1-3,9,14-15H,4-7H2;2*1H/t9-;;/m0../s1. The third-order valence-corrected chi connectivity index (χ3v) is 2.74. The molecule has 3 nitrogen and oxygen atoms in total. The Morgan fingerprint density at radius 3 is 2.22 bits per heavy atom. The van der Waals surface area contributed by atoms with Crippen LogP contribution in [0.1, 0.15) is 11.7 Å². The Labute approximate surface area is 116 Å². The number of hydrogen-bond acceptors (Lipinski definition) is 2. The largest absolute Gasteiger partial charge is 0.409 e. The molecule has 2 N–H and O–H groups in total. The first-order valence-electron chi connectivity index (χ1n) is 5.24. The molecule has 0 radical (unpaired) electrons. The number of rotatable bonds is 2. The van der Waals surface area contributed by atoms with E-state index in [4.69, 9.17) is 0 Å². The van der Waals surface area contributed by atoms with Crippen LogP contribution >= 0.6 is 24.8 Å². The van der Waals surface area contributed by atoms with Crippen molar-refractivity contribution in [3.05, 3.63) is 24.0 Å². The summed E-state index contributed by atoms with van der Waals surface area (Å²) in [5.74, 6) is 0. The number of alkyl halides is 3. The molecule has 1 atom stereocenters. The van der Waals surface area contributed by atoms with Gasteiger partial charge in [-0.15, -0.1) is 24.8 Å². The predicted molar refractivity (Wildman–Crippen MR) is 68.5 cm³/mol. The van der Waals surface area contributed by atoms with Gasteiger partial charge in [-0.3, -0.25) is 4.90 Å². The van der Waals surface area contributed by atoms with Gasteiger partial charge in [-0.2, -0.15) is 13.2 Å². The monoisotopic (exact) mass is 305 g/mol. The summed E-state index contributed by atoms with van der Waals surface area (Å²) in [4.78, 5) is 4.12. The van der Waals surface area contributed by atoms with E-state index in [2.05, 4.69) is 10.3 Å². The van der Waals surface area contributed by atoms with Crippen LogP contribution in [0.2, 0.25) is 0 Å². The van der Waals surface area contributed by atoms with Gasteiger partial charge in [0.25, 0.3) is 0 Å². The van der Waals surface area contributed by atoms with E-state index in [1.807, 2.05) is 0 Å². The Bertz CT molecular complexity index is 324. The Morgan fingerprint density at radius 1 is 1.17 bits per heavy atom. The highest BCUT2D eigenvalue weighted by molar-refractivity contribution is 5.85. The average molecular weight is 306 g/mol. The molecule has 0 spiro atoms. The molecule has 0 aliphatic carbocycles. The molecule has 1 fully saturated rings. The molecule has 18 heavy (non-hydrogen) atoms. The van der Waals surface area contributed by atoms with Crippen LogP contribution in [-0.2, 0) is 0 Å². The second-order valence-corrected chi connectivity index (χ2v) is 3.86. The molecular formula is C10H16Cl2F3N3. The lowest BCUT2D eigenvalue weighted by molar-refractivity contribution is -0.188. The summed E-state index contributed by atoms with van der Waals surface area (Å²) >= 11 is 0. The first kappa shape index (κ1) is 17.6. The SMILES string of the molecule is Cl.Cl.FC(F)(F)[C@H](c1ccc[nH]1)N1CCNCC1. The van der Waals surface area contributed by atoms with E-state index in [1.54, 1.807) is 6.07 Å². The van der Waals surface area contributed by atoms with E-state index in [0.29, 0.717) is 26.2 Å². The Balaban J connectivity index is 0.00000144. The van der Waals surface area contributed by atoms with E-state index in [9.17, 15) is 13.2 Å². The van der Waals surface area contributed by atoms with Crippen molar-refractivity contribution in [1.82, 2.24) is 15.2 Å². The highest BCUT2D eigenvalue weighted by Gasteiger charge is 2.45. The summed E-state index contributed by atoms with van der Waals surface area (Å²) in [5.41, 5.74) is 0.217. The van der Waals surface area contributed by atoms with E-state index < -0.39 is 12.2 Å². The van der Waals surface area contributed by atoms with Crippen molar-refractivity contribution in [2.75, 3.05) is 26.2 Å². The van der Waals surface area contributed by atoms with Crippen molar-refractivity contribution in [2.24, 2.45) is 0 Å². The summed E-state index contributed by atoms with van der Waals surface area (Å²) in [6.07, 6.45) is -2.71. The third-order valence-electron chi connectivity index (χ3n) is 2.74. The molecule has 1 saturated heterocycles. The zero-order chi connectivity index (χ0) is 11.6. The molecule has 0 bridgehead atoms. The summed E-state index contributed by atoms with van der Waals surface area (Å²) in [5, 5.41) is 3.05. The zero-order valence-corrected chi connectivity index (χ0v) is 11.2. The number of halogens is 5. The Hall–Kier alpha value is -0.430. The van der Waals surface area contributed by atoms with E-state index in [1.165, 1.54) is 17.2 Å². The van der Waals surface area contributed by atoms with Gasteiger partial charge < -0.3 is 10.3 Å². The summed E-state index contributed by atoms with van der Waals surface area (Å²) < 4.78 is 39.0. The van der Waals surface area contributed by atoms with Crippen molar-refractivity contribution < 1.29 is 13.2 Å². The Morgan fingerprint density at radius 2 is 1.78 bits per heavy atom. The maximum atomic E-state index is 13.0. The zero-order valence-electron chi connectivity index (χ0n) is 9.54. The number of H-pyrrole nitrogens is 1. The van der Waals surface area contributed by atoms with Crippen LogP contribution in [-0.4, -0.2) is 42.2 Å². The minimum atomic E-state index is -4.23. The van der Waals surface area contributed by atoms with Crippen LogP contribution in [0.15, 0.2) is 18.3 Å². The van der Waals surface area contributed by atoms with Crippen LogP contribution < -0.4 is 5.32 Å². The number of hydrogen-bond donors (Lipinski definition) is 2. The van der Waals surface area contributed by atoms with E-state index in [0.717, 1.165) is 0 Å². The predicted octanol–water partition coefficient (Wildman–Crippen LogP) is 2.37. The van der Waals surface area contributed by atoms with Crippen molar-refractivity contribution in [3.63, 3.8) is 0 Å². The van der Waals surface area contributed by atoms with E-state index >= 15 is 0 Å². The minimum absolute atomic E-state index is 0. The molecule has 0 aromatic carbocycles. The van der Waals surface area contributed by atoms with E-state index in [-0.39, 0.29) is 30.5 Å². The molecule has 1 aromatic rings. The van der Waals surface area contributed by atoms with Crippen molar-refractivity contribution in [3.8, 4) is 0 Å². The van der Waals surface area contributed by atoms with Crippen LogP contribution in [0, 0.1) is 0 Å². The van der Waals surface area contributed by atoms with Crippen LogP contribution in [0.4, 0.5) is 13.2 Å². The topological polar surface area (TPSA) is 31.1 Å². The van der Waals surface area contributed by atoms with Gasteiger partial charge in [-0.25, -0.2) is 0 Å². The molecular weight excluding hydrogens is 290 g/mol.